The van der Waals surface area contributed by atoms with E-state index in [1.54, 1.807) is 23.5 Å². The zero-order valence-electron chi connectivity index (χ0n) is 10.6. The molecular weight excluding hydrogens is 276 g/mol. The maximum absolute atomic E-state index is 11.9. The molecule has 0 saturated carbocycles. The van der Waals surface area contributed by atoms with Crippen LogP contribution < -0.4 is 5.56 Å². The minimum Gasteiger partial charge on any atom is -0.301 e. The summed E-state index contributed by atoms with van der Waals surface area (Å²) >= 11 is 3.33. The molecule has 1 aromatic carbocycles. The van der Waals surface area contributed by atoms with Crippen LogP contribution in [0.15, 0.2) is 34.2 Å². The number of benzene rings is 1. The smallest absolute Gasteiger partial charge is 0.255 e. The average Bonchev–Trinajstić information content (AvgIpc) is 2.87. The second-order valence-electron chi connectivity index (χ2n) is 4.56. The lowest BCUT2D eigenvalue weighted by Crippen LogP contribution is -2.14. The number of fused-ring (bicyclic) bond motifs is 1. The van der Waals surface area contributed by atoms with Gasteiger partial charge in [-0.3, -0.25) is 4.79 Å². The number of thioether (sulfide) groups is 2. The number of hydrogen-bond donors (Lipinski definition) is 1. The number of aromatic nitrogens is 2. The van der Waals surface area contributed by atoms with E-state index in [0.717, 1.165) is 33.7 Å². The fourth-order valence-corrected chi connectivity index (χ4v) is 3.82. The van der Waals surface area contributed by atoms with Gasteiger partial charge in [0, 0.05) is 22.8 Å². The first kappa shape index (κ1) is 12.8. The van der Waals surface area contributed by atoms with Crippen molar-refractivity contribution in [3.63, 3.8) is 0 Å². The van der Waals surface area contributed by atoms with Gasteiger partial charge in [0.05, 0.1) is 5.69 Å². The van der Waals surface area contributed by atoms with Crippen molar-refractivity contribution in [2.75, 3.05) is 0 Å². The molecule has 98 valence electrons. The Morgan fingerprint density at radius 1 is 1.32 bits per heavy atom. The highest BCUT2D eigenvalue weighted by Gasteiger charge is 2.17. The molecule has 3 rings (SSSR count). The summed E-state index contributed by atoms with van der Waals surface area (Å²) in [5.41, 5.74) is 4.34. The summed E-state index contributed by atoms with van der Waals surface area (Å²) < 4.78 is 0. The van der Waals surface area contributed by atoms with Gasteiger partial charge in [-0.2, -0.15) is 11.8 Å². The molecule has 0 aliphatic carbocycles. The summed E-state index contributed by atoms with van der Waals surface area (Å²) in [5.74, 6) is 2.48. The van der Waals surface area contributed by atoms with Crippen molar-refractivity contribution >= 4 is 23.5 Å². The van der Waals surface area contributed by atoms with Crippen molar-refractivity contribution in [1.29, 1.82) is 0 Å². The molecule has 0 unspecified atom stereocenters. The molecule has 1 aromatic heterocycles. The van der Waals surface area contributed by atoms with Crippen LogP contribution in [-0.2, 0) is 17.3 Å². The molecule has 0 atom stereocenters. The van der Waals surface area contributed by atoms with Crippen molar-refractivity contribution < 1.29 is 0 Å². The summed E-state index contributed by atoms with van der Waals surface area (Å²) in [6, 6.07) is 8.43. The molecule has 1 aliphatic rings. The van der Waals surface area contributed by atoms with E-state index in [-0.39, 0.29) is 5.56 Å². The second kappa shape index (κ2) is 5.43. The van der Waals surface area contributed by atoms with Gasteiger partial charge >= 0.3 is 0 Å². The number of rotatable bonds is 3. The number of nitrogens with zero attached hydrogens (tertiary/aromatic N) is 1. The Kier molecular flexibility index (Phi) is 3.66. The third-order valence-corrected chi connectivity index (χ3v) is 4.98. The molecule has 19 heavy (non-hydrogen) atoms. The van der Waals surface area contributed by atoms with E-state index in [9.17, 15) is 4.79 Å². The van der Waals surface area contributed by atoms with E-state index < -0.39 is 0 Å². The highest BCUT2D eigenvalue weighted by Crippen LogP contribution is 2.27. The first-order chi connectivity index (χ1) is 9.22. The predicted molar refractivity (Wildman–Crippen MR) is 80.6 cm³/mol. The van der Waals surface area contributed by atoms with Gasteiger partial charge in [0.25, 0.3) is 5.56 Å². The summed E-state index contributed by atoms with van der Waals surface area (Å²) in [6.45, 7) is 2.08. The molecule has 0 saturated heterocycles. The van der Waals surface area contributed by atoms with Gasteiger partial charge in [-0.15, -0.1) is 0 Å². The maximum atomic E-state index is 11.9. The van der Waals surface area contributed by atoms with Crippen molar-refractivity contribution in [1.82, 2.24) is 9.97 Å². The van der Waals surface area contributed by atoms with Gasteiger partial charge in [0.1, 0.15) is 0 Å². The Hall–Kier alpha value is -1.20. The van der Waals surface area contributed by atoms with Crippen LogP contribution in [0.2, 0.25) is 0 Å². The molecule has 2 heterocycles. The number of hydrogen-bond acceptors (Lipinski definition) is 4. The standard InChI is InChI=1S/C14H14N2OS2/c1-9-2-4-10(5-3-9)6-19-14-15-12-8-18-7-11(12)13(17)16-14/h2-5H,6-8H2,1H3,(H,15,16,17). The van der Waals surface area contributed by atoms with Crippen molar-refractivity contribution in [3.8, 4) is 0 Å². The third-order valence-electron chi connectivity index (χ3n) is 3.06. The minimum atomic E-state index is 0.0291. The van der Waals surface area contributed by atoms with Gasteiger partial charge in [0.2, 0.25) is 0 Å². The largest absolute Gasteiger partial charge is 0.301 e. The zero-order chi connectivity index (χ0) is 13.2. The lowest BCUT2D eigenvalue weighted by atomic mass is 10.2. The van der Waals surface area contributed by atoms with Gasteiger partial charge in [0.15, 0.2) is 5.16 Å². The first-order valence-electron chi connectivity index (χ1n) is 6.10. The molecule has 0 fully saturated rings. The summed E-state index contributed by atoms with van der Waals surface area (Å²) in [5, 5.41) is 0.729. The van der Waals surface area contributed by atoms with Crippen LogP contribution in [0.3, 0.4) is 0 Å². The van der Waals surface area contributed by atoms with Crippen LogP contribution >= 0.6 is 23.5 Å². The molecule has 1 aliphatic heterocycles. The Morgan fingerprint density at radius 2 is 2.11 bits per heavy atom. The van der Waals surface area contributed by atoms with Crippen molar-refractivity contribution in [2.24, 2.45) is 0 Å². The van der Waals surface area contributed by atoms with Gasteiger partial charge < -0.3 is 4.98 Å². The minimum absolute atomic E-state index is 0.0291. The lowest BCUT2D eigenvalue weighted by molar-refractivity contribution is 0.884. The van der Waals surface area contributed by atoms with Crippen LogP contribution in [0.5, 0.6) is 0 Å². The third kappa shape index (κ3) is 2.87. The van der Waals surface area contributed by atoms with E-state index in [2.05, 4.69) is 41.2 Å². The predicted octanol–water partition coefficient (Wildman–Crippen LogP) is 3.12. The topological polar surface area (TPSA) is 45.8 Å². The van der Waals surface area contributed by atoms with E-state index in [1.165, 1.54) is 11.1 Å². The van der Waals surface area contributed by atoms with E-state index in [4.69, 9.17) is 0 Å². The fourth-order valence-electron chi connectivity index (χ4n) is 1.94. The maximum Gasteiger partial charge on any atom is 0.255 e. The Morgan fingerprint density at radius 3 is 2.89 bits per heavy atom. The zero-order valence-corrected chi connectivity index (χ0v) is 12.2. The Labute approximate surface area is 120 Å². The van der Waals surface area contributed by atoms with Crippen LogP contribution in [0.25, 0.3) is 0 Å². The van der Waals surface area contributed by atoms with Gasteiger partial charge in [-0.05, 0) is 12.5 Å². The normalized spacial score (nSPS) is 13.5. The number of nitrogens with one attached hydrogen (secondary N) is 1. The molecule has 1 N–H and O–H groups in total. The van der Waals surface area contributed by atoms with E-state index in [0.29, 0.717) is 0 Å². The molecule has 0 amide bonds. The van der Waals surface area contributed by atoms with Gasteiger partial charge in [-0.1, -0.05) is 41.6 Å². The summed E-state index contributed by atoms with van der Waals surface area (Å²) in [7, 11) is 0. The van der Waals surface area contributed by atoms with Crippen molar-refractivity contribution in [3.05, 3.63) is 57.0 Å². The summed E-state index contributed by atoms with van der Waals surface area (Å²) in [4.78, 5) is 19.3. The summed E-state index contributed by atoms with van der Waals surface area (Å²) in [6.07, 6.45) is 0. The monoisotopic (exact) mass is 290 g/mol. The number of aromatic amines is 1. The Bertz CT molecular complexity index is 649. The number of aryl methyl sites for hydroxylation is 1. The van der Waals surface area contributed by atoms with Crippen LogP contribution in [0.1, 0.15) is 22.4 Å². The molecule has 0 radical (unpaired) electrons. The molecule has 0 spiro atoms. The fraction of sp³-hybridized carbons (Fsp3) is 0.286. The van der Waals surface area contributed by atoms with Crippen LogP contribution in [0.4, 0.5) is 0 Å². The molecule has 5 heteroatoms. The average molecular weight is 290 g/mol. The van der Waals surface area contributed by atoms with Crippen molar-refractivity contribution in [2.45, 2.75) is 29.3 Å². The van der Waals surface area contributed by atoms with Crippen LogP contribution in [0, 0.1) is 6.92 Å². The Balaban J connectivity index is 1.75. The highest BCUT2D eigenvalue weighted by molar-refractivity contribution is 7.98. The van der Waals surface area contributed by atoms with Crippen LogP contribution in [-0.4, -0.2) is 9.97 Å². The molecule has 3 nitrogen and oxygen atoms in total. The SMILES string of the molecule is Cc1ccc(CSc2nc3c(c(=O)[nH]2)CSC3)cc1. The second-order valence-corrected chi connectivity index (χ2v) is 6.51. The molecule has 0 bridgehead atoms. The van der Waals surface area contributed by atoms with Gasteiger partial charge in [-0.25, -0.2) is 4.98 Å². The highest BCUT2D eigenvalue weighted by atomic mass is 32.2. The number of H-pyrrole nitrogens is 1. The van der Waals surface area contributed by atoms with E-state index in [1.807, 2.05) is 0 Å². The molecular formula is C14H14N2OS2. The quantitative estimate of drug-likeness (QED) is 0.697. The first-order valence-corrected chi connectivity index (χ1v) is 8.24. The van der Waals surface area contributed by atoms with E-state index >= 15 is 0 Å². The lowest BCUT2D eigenvalue weighted by Gasteiger charge is -2.04. The molecule has 2 aromatic rings.